The third kappa shape index (κ3) is 3.48. The van der Waals surface area contributed by atoms with Crippen LogP contribution in [0.5, 0.6) is 0 Å². The zero-order valence-corrected chi connectivity index (χ0v) is 14.0. The highest BCUT2D eigenvalue weighted by atomic mass is 15.3. The summed E-state index contributed by atoms with van der Waals surface area (Å²) in [4.78, 5) is 5.11. The molecule has 0 N–H and O–H groups in total. The minimum atomic E-state index is 0.262. The fourth-order valence-electron chi connectivity index (χ4n) is 3.65. The minimum absolute atomic E-state index is 0.262. The van der Waals surface area contributed by atoms with Crippen molar-refractivity contribution in [3.8, 4) is 0 Å². The fraction of sp³-hybridized carbons (Fsp3) is 1.00. The smallest absolute Gasteiger partial charge is 0.0156 e. The quantitative estimate of drug-likeness (QED) is 0.744. The molecule has 0 aliphatic carbocycles. The lowest BCUT2D eigenvalue weighted by molar-refractivity contribution is 0.0268. The summed E-state index contributed by atoms with van der Waals surface area (Å²) in [5.41, 5.74) is 0.626. The highest BCUT2D eigenvalue weighted by Gasteiger charge is 2.47. The summed E-state index contributed by atoms with van der Waals surface area (Å²) in [5.74, 6) is 0.795. The third-order valence-corrected chi connectivity index (χ3v) is 4.36. The van der Waals surface area contributed by atoms with Crippen molar-refractivity contribution in [2.24, 2.45) is 11.3 Å². The summed E-state index contributed by atoms with van der Waals surface area (Å²) >= 11 is 0. The van der Waals surface area contributed by atoms with Gasteiger partial charge in [-0.2, -0.15) is 0 Å². The number of likely N-dealkylation sites (tertiary alicyclic amines) is 1. The van der Waals surface area contributed by atoms with Gasteiger partial charge in [-0.15, -0.1) is 0 Å². The molecule has 0 bridgehead atoms. The summed E-state index contributed by atoms with van der Waals surface area (Å²) < 4.78 is 0. The topological polar surface area (TPSA) is 6.48 Å². The maximum atomic E-state index is 2.77. The van der Waals surface area contributed by atoms with Gasteiger partial charge in [0, 0.05) is 24.2 Å². The summed E-state index contributed by atoms with van der Waals surface area (Å²) in [6.07, 6.45) is 1.33. The molecule has 0 unspecified atom stereocenters. The molecule has 0 aromatic heterocycles. The van der Waals surface area contributed by atoms with Crippen LogP contribution in [0.4, 0.5) is 0 Å². The number of nitrogens with zero attached hydrogens (tertiary/aromatic N) is 2. The van der Waals surface area contributed by atoms with Crippen LogP contribution in [0.2, 0.25) is 0 Å². The van der Waals surface area contributed by atoms with Crippen molar-refractivity contribution in [3.63, 3.8) is 0 Å². The van der Waals surface area contributed by atoms with E-state index < -0.39 is 0 Å². The number of rotatable bonds is 2. The van der Waals surface area contributed by atoms with Crippen LogP contribution < -0.4 is 0 Å². The van der Waals surface area contributed by atoms with E-state index in [0.29, 0.717) is 17.5 Å². The van der Waals surface area contributed by atoms with Crippen molar-refractivity contribution in [1.29, 1.82) is 0 Å². The molecular formula is C16H34N2. The van der Waals surface area contributed by atoms with Crippen LogP contribution in [0.25, 0.3) is 0 Å². The largest absolute Gasteiger partial charge is 0.309 e. The molecule has 0 spiro atoms. The Morgan fingerprint density at radius 3 is 1.83 bits per heavy atom. The Labute approximate surface area is 115 Å². The first-order chi connectivity index (χ1) is 7.94. The Morgan fingerprint density at radius 2 is 1.56 bits per heavy atom. The van der Waals surface area contributed by atoms with Gasteiger partial charge in [-0.1, -0.05) is 20.8 Å². The zero-order chi connectivity index (χ0) is 14.3. The van der Waals surface area contributed by atoms with Crippen LogP contribution in [-0.4, -0.2) is 48.1 Å². The normalized spacial score (nSPS) is 31.3. The lowest BCUT2D eigenvalue weighted by Gasteiger charge is -2.45. The predicted octanol–water partition coefficient (Wildman–Crippen LogP) is 3.47. The Morgan fingerprint density at radius 1 is 1.06 bits per heavy atom. The number of hydrogen-bond donors (Lipinski definition) is 0. The van der Waals surface area contributed by atoms with Gasteiger partial charge in [-0.05, 0) is 59.5 Å². The standard InChI is InChI=1S/C16H34N2/c1-12-13(11-17(8)9)10-14(15(2,3)4)18(12)16(5,6)7/h12-14H,10-11H2,1-9H3/t12-,13-,14+/m1/s1. The summed E-state index contributed by atoms with van der Waals surface area (Å²) in [5, 5.41) is 0. The van der Waals surface area contributed by atoms with Gasteiger partial charge in [-0.3, -0.25) is 4.90 Å². The van der Waals surface area contributed by atoms with Gasteiger partial charge in [0.1, 0.15) is 0 Å². The molecule has 0 radical (unpaired) electrons. The van der Waals surface area contributed by atoms with Crippen molar-refractivity contribution in [2.75, 3.05) is 20.6 Å². The van der Waals surface area contributed by atoms with Crippen LogP contribution in [0.1, 0.15) is 54.9 Å². The van der Waals surface area contributed by atoms with Crippen LogP contribution in [-0.2, 0) is 0 Å². The molecule has 18 heavy (non-hydrogen) atoms. The lowest BCUT2D eigenvalue weighted by Crippen LogP contribution is -2.53. The third-order valence-electron chi connectivity index (χ3n) is 4.36. The molecule has 1 aliphatic heterocycles. The van der Waals surface area contributed by atoms with E-state index in [1.807, 2.05) is 0 Å². The predicted molar refractivity (Wildman–Crippen MR) is 81.0 cm³/mol. The van der Waals surface area contributed by atoms with Gasteiger partial charge in [0.05, 0.1) is 0 Å². The highest BCUT2D eigenvalue weighted by Crippen LogP contribution is 2.43. The van der Waals surface area contributed by atoms with Crippen molar-refractivity contribution < 1.29 is 0 Å². The van der Waals surface area contributed by atoms with Crippen molar-refractivity contribution >= 4 is 0 Å². The molecule has 2 nitrogen and oxygen atoms in total. The average Bonchev–Trinajstić information content (AvgIpc) is 2.41. The van der Waals surface area contributed by atoms with Crippen LogP contribution in [0, 0.1) is 11.3 Å². The Bertz CT molecular complexity index is 270. The van der Waals surface area contributed by atoms with E-state index in [1.165, 1.54) is 13.0 Å². The average molecular weight is 254 g/mol. The van der Waals surface area contributed by atoms with E-state index in [0.717, 1.165) is 5.92 Å². The van der Waals surface area contributed by atoms with E-state index in [2.05, 4.69) is 72.4 Å². The maximum Gasteiger partial charge on any atom is 0.0156 e. The molecule has 1 fully saturated rings. The fourth-order valence-corrected chi connectivity index (χ4v) is 3.65. The molecule has 0 saturated carbocycles. The minimum Gasteiger partial charge on any atom is -0.309 e. The summed E-state index contributed by atoms with van der Waals surface area (Å²) in [6.45, 7) is 17.9. The molecule has 0 aromatic rings. The van der Waals surface area contributed by atoms with Crippen LogP contribution >= 0.6 is 0 Å². The highest BCUT2D eigenvalue weighted by molar-refractivity contribution is 5.01. The van der Waals surface area contributed by atoms with E-state index in [1.54, 1.807) is 0 Å². The van der Waals surface area contributed by atoms with Crippen molar-refractivity contribution in [2.45, 2.75) is 72.5 Å². The van der Waals surface area contributed by atoms with E-state index in [4.69, 9.17) is 0 Å². The van der Waals surface area contributed by atoms with Crippen molar-refractivity contribution in [1.82, 2.24) is 9.80 Å². The molecular weight excluding hydrogens is 220 g/mol. The van der Waals surface area contributed by atoms with Crippen LogP contribution in [0.3, 0.4) is 0 Å². The van der Waals surface area contributed by atoms with E-state index >= 15 is 0 Å². The van der Waals surface area contributed by atoms with Crippen molar-refractivity contribution in [3.05, 3.63) is 0 Å². The Hall–Kier alpha value is -0.0800. The van der Waals surface area contributed by atoms with Crippen LogP contribution in [0.15, 0.2) is 0 Å². The Kier molecular flexibility index (Phi) is 4.55. The first-order valence-electron chi connectivity index (χ1n) is 7.37. The maximum absolute atomic E-state index is 2.77. The second-order valence-corrected chi connectivity index (χ2v) is 8.46. The van der Waals surface area contributed by atoms with Gasteiger partial charge >= 0.3 is 0 Å². The summed E-state index contributed by atoms with van der Waals surface area (Å²) in [6, 6.07) is 1.37. The second-order valence-electron chi connectivity index (χ2n) is 8.46. The lowest BCUT2D eigenvalue weighted by atomic mass is 9.82. The molecule has 3 atom stereocenters. The summed E-state index contributed by atoms with van der Waals surface area (Å²) in [7, 11) is 4.39. The molecule has 1 heterocycles. The molecule has 1 aliphatic rings. The van der Waals surface area contributed by atoms with Gasteiger partial charge in [0.15, 0.2) is 0 Å². The molecule has 0 aromatic carbocycles. The van der Waals surface area contributed by atoms with E-state index in [-0.39, 0.29) is 5.54 Å². The first kappa shape index (κ1) is 16.0. The van der Waals surface area contributed by atoms with Gasteiger partial charge < -0.3 is 4.90 Å². The number of hydrogen-bond acceptors (Lipinski definition) is 2. The van der Waals surface area contributed by atoms with Gasteiger partial charge in [-0.25, -0.2) is 0 Å². The van der Waals surface area contributed by atoms with E-state index in [9.17, 15) is 0 Å². The SMILES string of the molecule is C[C@@H]1[C@@H](CN(C)C)C[C@@H](C(C)(C)C)N1C(C)(C)C. The first-order valence-corrected chi connectivity index (χ1v) is 7.37. The molecule has 2 heteroatoms. The second kappa shape index (κ2) is 5.13. The molecule has 1 saturated heterocycles. The van der Waals surface area contributed by atoms with Gasteiger partial charge in [0.2, 0.25) is 0 Å². The zero-order valence-electron chi connectivity index (χ0n) is 14.0. The Balaban J connectivity index is 2.97. The van der Waals surface area contributed by atoms with Gasteiger partial charge in [0.25, 0.3) is 0 Å². The molecule has 0 amide bonds. The molecule has 108 valence electrons. The molecule has 1 rings (SSSR count). The monoisotopic (exact) mass is 254 g/mol.